The molecule has 4 nitrogen and oxygen atoms in total. The van der Waals surface area contributed by atoms with Gasteiger partial charge in [0.1, 0.15) is 0 Å². The lowest BCUT2D eigenvalue weighted by Crippen LogP contribution is -2.44. The fourth-order valence-electron chi connectivity index (χ4n) is 0.999. The summed E-state index contributed by atoms with van der Waals surface area (Å²) in [6.07, 6.45) is 0.980. The molecule has 4 N–H and O–H groups in total. The van der Waals surface area contributed by atoms with Gasteiger partial charge in [0.2, 0.25) is 0 Å². The molecule has 0 saturated heterocycles. The fraction of sp³-hybridized carbons (Fsp3) is 1.00. The molecule has 0 spiro atoms. The highest BCUT2D eigenvalue weighted by Gasteiger charge is 2.26. The summed E-state index contributed by atoms with van der Waals surface area (Å²) in [4.78, 5) is 0. The number of nitrogens with one attached hydrogen (secondary N) is 1. The molecule has 0 heterocycles. The molecule has 0 aliphatic heterocycles. The fourth-order valence-corrected chi connectivity index (χ4v) is 2.07. The molecule has 0 aromatic rings. The third-order valence-corrected chi connectivity index (χ3v) is 2.52. The summed E-state index contributed by atoms with van der Waals surface area (Å²) < 4.78 is 26.4. The summed E-state index contributed by atoms with van der Waals surface area (Å²) in [7, 11) is -3.37. The summed E-state index contributed by atoms with van der Waals surface area (Å²) in [5.74, 6) is -0.0278. The van der Waals surface area contributed by atoms with Crippen molar-refractivity contribution >= 4 is 10.9 Å². The monoisotopic (exact) mass is 197 g/mol. The lowest BCUT2D eigenvalue weighted by atomic mass is 10.1. The van der Waals surface area contributed by atoms with Crippen LogP contribution in [0.25, 0.3) is 0 Å². The van der Waals surface area contributed by atoms with E-state index in [1.165, 1.54) is 0 Å². The second-order valence-electron chi connectivity index (χ2n) is 3.59. The first-order valence-corrected chi connectivity index (χ1v) is 5.67. The van der Waals surface area contributed by atoms with Crippen LogP contribution in [0.3, 0.4) is 0 Å². The standard InChI is InChI=1S/C7H19NO3S/c1-4-5-8-7(2,3)6-12(9,10)11/h8-11H,4-6H2,1-3H3. The predicted molar refractivity (Wildman–Crippen MR) is 52.7 cm³/mol. The second kappa shape index (κ2) is 4.43. The van der Waals surface area contributed by atoms with Crippen LogP contribution < -0.4 is 5.32 Å². The van der Waals surface area contributed by atoms with Crippen LogP contribution in [-0.2, 0) is 0 Å². The first-order chi connectivity index (χ1) is 5.27. The van der Waals surface area contributed by atoms with Gasteiger partial charge in [0, 0.05) is 5.54 Å². The van der Waals surface area contributed by atoms with Gasteiger partial charge in [-0.2, -0.15) is 0 Å². The molecule has 0 atom stereocenters. The lowest BCUT2D eigenvalue weighted by Gasteiger charge is -2.32. The Morgan fingerprint density at radius 2 is 1.75 bits per heavy atom. The molecule has 0 aliphatic rings. The third-order valence-electron chi connectivity index (χ3n) is 1.41. The quantitative estimate of drug-likeness (QED) is 0.544. The molecular formula is C7H19NO3S. The van der Waals surface area contributed by atoms with Crippen LogP contribution in [0.4, 0.5) is 0 Å². The van der Waals surface area contributed by atoms with Gasteiger partial charge in [0.05, 0.1) is 16.6 Å². The van der Waals surface area contributed by atoms with E-state index >= 15 is 0 Å². The molecule has 0 amide bonds. The van der Waals surface area contributed by atoms with Crippen molar-refractivity contribution < 1.29 is 13.7 Å². The Labute approximate surface area is 75.5 Å². The van der Waals surface area contributed by atoms with Crippen molar-refractivity contribution in [2.45, 2.75) is 32.7 Å². The third kappa shape index (κ3) is 6.87. The van der Waals surface area contributed by atoms with Crippen molar-refractivity contribution in [3.8, 4) is 0 Å². The van der Waals surface area contributed by atoms with Gasteiger partial charge in [-0.15, -0.1) is 0 Å². The molecule has 5 heteroatoms. The Hall–Kier alpha value is 0.190. The van der Waals surface area contributed by atoms with Gasteiger partial charge in [0.25, 0.3) is 0 Å². The Balaban J connectivity index is 3.86. The molecule has 0 aliphatic carbocycles. The van der Waals surface area contributed by atoms with Crippen LogP contribution in [0.5, 0.6) is 0 Å². The smallest absolute Gasteiger partial charge is 0.0828 e. The average molecular weight is 197 g/mol. The summed E-state index contributed by atoms with van der Waals surface area (Å²) in [5.41, 5.74) is -0.427. The van der Waals surface area contributed by atoms with Gasteiger partial charge < -0.3 is 19.0 Å². The van der Waals surface area contributed by atoms with Crippen LogP contribution in [0.15, 0.2) is 0 Å². The first kappa shape index (κ1) is 12.2. The highest BCUT2D eigenvalue weighted by Crippen LogP contribution is 2.36. The van der Waals surface area contributed by atoms with Crippen molar-refractivity contribution in [1.29, 1.82) is 0 Å². The minimum Gasteiger partial charge on any atom is -0.311 e. The first-order valence-electron chi connectivity index (χ1n) is 4.00. The van der Waals surface area contributed by atoms with E-state index < -0.39 is 16.4 Å². The molecule has 0 saturated carbocycles. The largest absolute Gasteiger partial charge is 0.311 e. The summed E-state index contributed by atoms with van der Waals surface area (Å²) in [5, 5.41) is 3.11. The summed E-state index contributed by atoms with van der Waals surface area (Å²) in [6.45, 7) is 6.49. The summed E-state index contributed by atoms with van der Waals surface area (Å²) >= 11 is 0. The van der Waals surface area contributed by atoms with E-state index in [0.717, 1.165) is 13.0 Å². The van der Waals surface area contributed by atoms with Crippen molar-refractivity contribution in [2.24, 2.45) is 0 Å². The maximum absolute atomic E-state index is 8.81. The van der Waals surface area contributed by atoms with E-state index in [9.17, 15) is 0 Å². The van der Waals surface area contributed by atoms with E-state index in [1.54, 1.807) is 0 Å². The van der Waals surface area contributed by atoms with Gasteiger partial charge in [-0.05, 0) is 26.8 Å². The molecule has 0 aromatic carbocycles. The van der Waals surface area contributed by atoms with Crippen molar-refractivity contribution in [3.63, 3.8) is 0 Å². The van der Waals surface area contributed by atoms with Gasteiger partial charge in [-0.25, -0.2) is 0 Å². The van der Waals surface area contributed by atoms with Gasteiger partial charge >= 0.3 is 0 Å². The molecule has 0 radical (unpaired) electrons. The molecule has 12 heavy (non-hydrogen) atoms. The van der Waals surface area contributed by atoms with E-state index in [4.69, 9.17) is 13.7 Å². The van der Waals surface area contributed by atoms with Crippen LogP contribution in [0.1, 0.15) is 27.2 Å². The van der Waals surface area contributed by atoms with Gasteiger partial charge in [-0.1, -0.05) is 6.92 Å². The molecule has 0 aromatic heterocycles. The van der Waals surface area contributed by atoms with Gasteiger partial charge in [0.15, 0.2) is 0 Å². The molecular weight excluding hydrogens is 178 g/mol. The van der Waals surface area contributed by atoms with E-state index in [0.29, 0.717) is 0 Å². The lowest BCUT2D eigenvalue weighted by molar-refractivity contribution is 0.343. The SMILES string of the molecule is CCCNC(C)(C)CS(O)(O)O. The molecule has 76 valence electrons. The highest BCUT2D eigenvalue weighted by molar-refractivity contribution is 8.19. The Morgan fingerprint density at radius 3 is 2.08 bits per heavy atom. The zero-order valence-corrected chi connectivity index (χ0v) is 8.69. The van der Waals surface area contributed by atoms with Gasteiger partial charge in [-0.3, -0.25) is 0 Å². The molecule has 0 unspecified atom stereocenters. The Kier molecular flexibility index (Phi) is 4.50. The van der Waals surface area contributed by atoms with Crippen LogP contribution in [-0.4, -0.2) is 31.5 Å². The van der Waals surface area contributed by atoms with Crippen LogP contribution >= 0.6 is 10.9 Å². The minimum absolute atomic E-state index is 0.0278. The number of hydrogen-bond acceptors (Lipinski definition) is 4. The molecule has 0 fully saturated rings. The van der Waals surface area contributed by atoms with Crippen LogP contribution in [0.2, 0.25) is 0 Å². The van der Waals surface area contributed by atoms with Crippen molar-refractivity contribution in [2.75, 3.05) is 12.3 Å². The van der Waals surface area contributed by atoms with E-state index in [-0.39, 0.29) is 5.75 Å². The maximum Gasteiger partial charge on any atom is 0.0828 e. The zero-order valence-electron chi connectivity index (χ0n) is 7.87. The van der Waals surface area contributed by atoms with Crippen molar-refractivity contribution in [1.82, 2.24) is 5.32 Å². The minimum atomic E-state index is -3.37. The topological polar surface area (TPSA) is 72.7 Å². The number of rotatable bonds is 5. The number of hydrogen-bond donors (Lipinski definition) is 4. The predicted octanol–water partition coefficient (Wildman–Crippen LogP) is 1.99. The van der Waals surface area contributed by atoms with E-state index in [1.807, 2.05) is 20.8 Å². The maximum atomic E-state index is 8.81. The molecule has 0 bridgehead atoms. The highest BCUT2D eigenvalue weighted by atomic mass is 32.3. The van der Waals surface area contributed by atoms with Crippen molar-refractivity contribution in [3.05, 3.63) is 0 Å². The molecule has 0 rings (SSSR count). The Bertz CT molecular complexity index is 133. The normalized spacial score (nSPS) is 14.8. The van der Waals surface area contributed by atoms with Crippen LogP contribution in [0, 0.1) is 0 Å². The second-order valence-corrected chi connectivity index (χ2v) is 5.14. The zero-order chi connectivity index (χ0) is 9.83. The van der Waals surface area contributed by atoms with E-state index in [2.05, 4.69) is 5.32 Å². The average Bonchev–Trinajstić information content (AvgIpc) is 1.78. The summed E-state index contributed by atoms with van der Waals surface area (Å²) in [6, 6.07) is 0. The Morgan fingerprint density at radius 1 is 1.25 bits per heavy atom.